The molecule has 0 unspecified atom stereocenters. The first-order chi connectivity index (χ1) is 8.71. The molecule has 0 aromatic carbocycles. The van der Waals surface area contributed by atoms with Crippen LogP contribution in [0, 0.1) is 11.3 Å². The van der Waals surface area contributed by atoms with Crippen molar-refractivity contribution < 1.29 is 9.53 Å². The van der Waals surface area contributed by atoms with Crippen molar-refractivity contribution in [2.24, 2.45) is 0 Å². The summed E-state index contributed by atoms with van der Waals surface area (Å²) in [5.74, 6) is 0.138. The van der Waals surface area contributed by atoms with Gasteiger partial charge in [-0.15, -0.1) is 0 Å². The Hall–Kier alpha value is -2.09. The van der Waals surface area contributed by atoms with E-state index in [9.17, 15) is 10.1 Å². The first kappa shape index (κ1) is 12.4. The minimum Gasteiger partial charge on any atom is -0.494 e. The summed E-state index contributed by atoms with van der Waals surface area (Å²) in [6.07, 6.45) is 6.39. The largest absolute Gasteiger partial charge is 0.494 e. The quantitative estimate of drug-likeness (QED) is 0.878. The smallest absolute Gasteiger partial charge is 0.256 e. The Morgan fingerprint density at radius 3 is 2.89 bits per heavy atom. The van der Waals surface area contributed by atoms with Crippen molar-refractivity contribution in [1.82, 2.24) is 10.3 Å². The standard InChI is InChI=1S/C13H15N3O2/c1-18-11-8-15-7-4-10(11)12(17)16-13(9-14)5-2-3-6-13/h4,7-8H,2-3,5-6H2,1H3,(H,16,17). The Balaban J connectivity index is 2.19. The predicted octanol–water partition coefficient (Wildman–Crippen LogP) is 1.66. The average Bonchev–Trinajstić information content (AvgIpc) is 2.87. The molecule has 1 aromatic rings. The molecule has 0 radical (unpaired) electrons. The van der Waals surface area contributed by atoms with E-state index in [4.69, 9.17) is 4.74 Å². The topological polar surface area (TPSA) is 75.0 Å². The van der Waals surface area contributed by atoms with Crippen LogP contribution in [0.25, 0.3) is 0 Å². The molecule has 1 aromatic heterocycles. The van der Waals surface area contributed by atoms with Gasteiger partial charge in [-0.2, -0.15) is 5.26 Å². The van der Waals surface area contributed by atoms with Crippen LogP contribution in [0.15, 0.2) is 18.5 Å². The minimum atomic E-state index is -0.717. The van der Waals surface area contributed by atoms with Gasteiger partial charge in [-0.3, -0.25) is 9.78 Å². The molecule has 0 aliphatic heterocycles. The van der Waals surface area contributed by atoms with Gasteiger partial charge in [0.05, 0.1) is 24.9 Å². The Kier molecular flexibility index (Phi) is 3.47. The van der Waals surface area contributed by atoms with Crippen molar-refractivity contribution in [2.45, 2.75) is 31.2 Å². The van der Waals surface area contributed by atoms with Crippen LogP contribution in [0.5, 0.6) is 5.75 Å². The van der Waals surface area contributed by atoms with E-state index in [-0.39, 0.29) is 5.91 Å². The molecule has 0 spiro atoms. The summed E-state index contributed by atoms with van der Waals surface area (Å²) >= 11 is 0. The Labute approximate surface area is 106 Å². The number of hydrogen-bond donors (Lipinski definition) is 1. The van der Waals surface area contributed by atoms with Gasteiger partial charge in [0.1, 0.15) is 11.3 Å². The maximum atomic E-state index is 12.2. The van der Waals surface area contributed by atoms with Crippen molar-refractivity contribution in [3.8, 4) is 11.8 Å². The number of ether oxygens (including phenoxy) is 1. The summed E-state index contributed by atoms with van der Waals surface area (Å²) < 4.78 is 5.09. The number of rotatable bonds is 3. The molecule has 0 bridgehead atoms. The van der Waals surface area contributed by atoms with E-state index < -0.39 is 5.54 Å². The fraction of sp³-hybridized carbons (Fsp3) is 0.462. The molecule has 94 valence electrons. The van der Waals surface area contributed by atoms with E-state index >= 15 is 0 Å². The second-order valence-corrected chi connectivity index (χ2v) is 4.43. The van der Waals surface area contributed by atoms with E-state index in [0.717, 1.165) is 12.8 Å². The molecule has 1 aliphatic rings. The molecule has 2 rings (SSSR count). The third-order valence-corrected chi connectivity index (χ3v) is 3.27. The van der Waals surface area contributed by atoms with Crippen LogP contribution in [0.4, 0.5) is 0 Å². The Morgan fingerprint density at radius 2 is 2.28 bits per heavy atom. The first-order valence-corrected chi connectivity index (χ1v) is 5.92. The molecule has 5 nitrogen and oxygen atoms in total. The van der Waals surface area contributed by atoms with Crippen molar-refractivity contribution >= 4 is 5.91 Å². The summed E-state index contributed by atoms with van der Waals surface area (Å²) in [4.78, 5) is 16.1. The van der Waals surface area contributed by atoms with Gasteiger partial charge in [-0.05, 0) is 31.7 Å². The highest BCUT2D eigenvalue weighted by molar-refractivity contribution is 5.97. The fourth-order valence-electron chi connectivity index (χ4n) is 2.26. The zero-order valence-corrected chi connectivity index (χ0v) is 10.3. The van der Waals surface area contributed by atoms with Gasteiger partial charge < -0.3 is 10.1 Å². The number of nitrogens with zero attached hydrogens (tertiary/aromatic N) is 2. The maximum Gasteiger partial charge on any atom is 0.256 e. The number of pyridine rings is 1. The molecule has 1 fully saturated rings. The molecule has 0 atom stereocenters. The number of hydrogen-bond acceptors (Lipinski definition) is 4. The van der Waals surface area contributed by atoms with Crippen LogP contribution in [0.2, 0.25) is 0 Å². The molecule has 1 saturated carbocycles. The van der Waals surface area contributed by atoms with E-state index in [0.29, 0.717) is 24.2 Å². The molecular formula is C13H15N3O2. The lowest BCUT2D eigenvalue weighted by molar-refractivity contribution is 0.0917. The summed E-state index contributed by atoms with van der Waals surface area (Å²) in [5.41, 5.74) is -0.306. The van der Waals surface area contributed by atoms with Gasteiger partial charge in [-0.1, -0.05) is 0 Å². The third kappa shape index (κ3) is 2.28. The van der Waals surface area contributed by atoms with Crippen molar-refractivity contribution in [3.63, 3.8) is 0 Å². The summed E-state index contributed by atoms with van der Waals surface area (Å²) in [5, 5.41) is 12.1. The molecule has 0 saturated heterocycles. The normalized spacial score (nSPS) is 16.9. The molecule has 18 heavy (non-hydrogen) atoms. The lowest BCUT2D eigenvalue weighted by atomic mass is 9.99. The molecule has 5 heteroatoms. The molecule has 1 aliphatic carbocycles. The van der Waals surface area contributed by atoms with Gasteiger partial charge in [-0.25, -0.2) is 0 Å². The number of nitriles is 1. The fourth-order valence-corrected chi connectivity index (χ4v) is 2.26. The minimum absolute atomic E-state index is 0.280. The average molecular weight is 245 g/mol. The Bertz CT molecular complexity index is 487. The number of methoxy groups -OCH3 is 1. The third-order valence-electron chi connectivity index (χ3n) is 3.27. The van der Waals surface area contributed by atoms with Gasteiger partial charge in [0.15, 0.2) is 0 Å². The summed E-state index contributed by atoms with van der Waals surface area (Å²) in [6.45, 7) is 0. The van der Waals surface area contributed by atoms with Crippen LogP contribution in [0.1, 0.15) is 36.0 Å². The van der Waals surface area contributed by atoms with Gasteiger partial charge in [0, 0.05) is 6.20 Å². The van der Waals surface area contributed by atoms with E-state index in [1.54, 1.807) is 6.07 Å². The monoisotopic (exact) mass is 245 g/mol. The van der Waals surface area contributed by atoms with E-state index in [1.807, 2.05) is 0 Å². The number of carbonyl (C=O) groups excluding carboxylic acids is 1. The van der Waals surface area contributed by atoms with Crippen LogP contribution < -0.4 is 10.1 Å². The lowest BCUT2D eigenvalue weighted by Gasteiger charge is -2.22. The number of nitrogens with one attached hydrogen (secondary N) is 1. The SMILES string of the molecule is COc1cnccc1C(=O)NC1(C#N)CCCC1. The van der Waals surface area contributed by atoms with Crippen molar-refractivity contribution in [3.05, 3.63) is 24.0 Å². The van der Waals surface area contributed by atoms with E-state index in [2.05, 4.69) is 16.4 Å². The number of aromatic nitrogens is 1. The Morgan fingerprint density at radius 1 is 1.56 bits per heavy atom. The van der Waals surface area contributed by atoms with Gasteiger partial charge >= 0.3 is 0 Å². The van der Waals surface area contributed by atoms with E-state index in [1.165, 1.54) is 19.5 Å². The van der Waals surface area contributed by atoms with Gasteiger partial charge in [0.2, 0.25) is 0 Å². The predicted molar refractivity (Wildman–Crippen MR) is 65.1 cm³/mol. The van der Waals surface area contributed by atoms with Crippen LogP contribution in [-0.4, -0.2) is 23.5 Å². The molecule has 1 heterocycles. The lowest BCUT2D eigenvalue weighted by Crippen LogP contribution is -2.45. The highest BCUT2D eigenvalue weighted by Gasteiger charge is 2.36. The highest BCUT2D eigenvalue weighted by Crippen LogP contribution is 2.29. The zero-order chi connectivity index (χ0) is 13.0. The van der Waals surface area contributed by atoms with Crippen molar-refractivity contribution in [2.75, 3.05) is 7.11 Å². The van der Waals surface area contributed by atoms with Crippen LogP contribution in [0.3, 0.4) is 0 Å². The summed E-state index contributed by atoms with van der Waals surface area (Å²) in [6, 6.07) is 3.82. The van der Waals surface area contributed by atoms with Gasteiger partial charge in [0.25, 0.3) is 5.91 Å². The zero-order valence-electron chi connectivity index (χ0n) is 10.3. The number of amides is 1. The first-order valence-electron chi connectivity index (χ1n) is 5.92. The van der Waals surface area contributed by atoms with Crippen LogP contribution in [-0.2, 0) is 0 Å². The maximum absolute atomic E-state index is 12.2. The van der Waals surface area contributed by atoms with Crippen molar-refractivity contribution in [1.29, 1.82) is 5.26 Å². The molecule has 1 amide bonds. The highest BCUT2D eigenvalue weighted by atomic mass is 16.5. The molecular weight excluding hydrogens is 230 g/mol. The second-order valence-electron chi connectivity index (χ2n) is 4.43. The summed E-state index contributed by atoms with van der Waals surface area (Å²) in [7, 11) is 1.49. The second kappa shape index (κ2) is 5.05. The van der Waals surface area contributed by atoms with Crippen LogP contribution >= 0.6 is 0 Å². The molecule has 1 N–H and O–H groups in total. The number of carbonyl (C=O) groups is 1.